The smallest absolute Gasteiger partial charge is 0.168 e. The summed E-state index contributed by atoms with van der Waals surface area (Å²) in [5.41, 5.74) is 5.28. The zero-order chi connectivity index (χ0) is 28.2. The maximum atomic E-state index is 14.0. The Morgan fingerprint density at radius 3 is 2.52 bits per heavy atom. The number of hydrogen-bond acceptors (Lipinski definition) is 3. The second-order valence-corrected chi connectivity index (χ2v) is 12.9. The Morgan fingerprint density at radius 2 is 1.75 bits per heavy atom. The number of Topliss-reactive ketones (excluding diaryl/α,β-unsaturated/α-hetero) is 2. The summed E-state index contributed by atoms with van der Waals surface area (Å²) in [6, 6.07) is 14.5. The highest BCUT2D eigenvalue weighted by molar-refractivity contribution is 9.10. The normalized spacial score (nSPS) is 20.4. The van der Waals surface area contributed by atoms with Crippen molar-refractivity contribution in [3.05, 3.63) is 82.0 Å². The third kappa shape index (κ3) is 6.40. The minimum Gasteiger partial charge on any atom is -0.337 e. The number of nitrogens with zero attached hydrogens (tertiary/aromatic N) is 1. The lowest BCUT2D eigenvalue weighted by Gasteiger charge is -2.23. The Kier molecular flexibility index (Phi) is 9.20. The number of hydrogen-bond donors (Lipinski definition) is 0. The van der Waals surface area contributed by atoms with Crippen LogP contribution in [0, 0.1) is 24.7 Å². The minimum absolute atomic E-state index is 0.0348. The maximum absolute atomic E-state index is 14.0. The van der Waals surface area contributed by atoms with E-state index in [2.05, 4.69) is 51.3 Å². The molecule has 2 aliphatic rings. The van der Waals surface area contributed by atoms with E-state index in [4.69, 9.17) is 0 Å². The van der Waals surface area contributed by atoms with Crippen LogP contribution in [0.4, 0.5) is 0 Å². The van der Waals surface area contributed by atoms with E-state index in [0.717, 1.165) is 65.2 Å². The molecule has 4 nitrogen and oxygen atoms in total. The number of ketones is 3. The predicted molar refractivity (Wildman–Crippen MR) is 165 cm³/mol. The molecule has 1 aromatic heterocycles. The highest BCUT2D eigenvalue weighted by atomic mass is 79.9. The van der Waals surface area contributed by atoms with Crippen LogP contribution in [-0.2, 0) is 29.0 Å². The SMILES string of the molecule is C=CC(=O)CCC1CCC(CCCC(=O)Cn2c(C)c(C(=O)C3CCc4ccccc4C3)c3cc(Br)ccc32)C1. The fourth-order valence-electron chi connectivity index (χ4n) is 7.09. The Hall–Kier alpha value is -2.79. The molecule has 0 spiro atoms. The van der Waals surface area contributed by atoms with Gasteiger partial charge in [-0.05, 0) is 92.7 Å². The van der Waals surface area contributed by atoms with E-state index in [1.807, 2.05) is 25.1 Å². The number of halogens is 1. The molecule has 5 rings (SSSR count). The molecule has 1 fully saturated rings. The van der Waals surface area contributed by atoms with Crippen LogP contribution in [0.3, 0.4) is 0 Å². The lowest BCUT2D eigenvalue weighted by molar-refractivity contribution is -0.119. The molecule has 1 saturated carbocycles. The fraction of sp³-hybridized carbons (Fsp3) is 0.457. The zero-order valence-electron chi connectivity index (χ0n) is 23.6. The van der Waals surface area contributed by atoms with Gasteiger partial charge in [-0.2, -0.15) is 0 Å². The van der Waals surface area contributed by atoms with E-state index in [-0.39, 0.29) is 23.3 Å². The van der Waals surface area contributed by atoms with Crippen molar-refractivity contribution >= 4 is 44.2 Å². The van der Waals surface area contributed by atoms with Crippen LogP contribution < -0.4 is 0 Å². The largest absolute Gasteiger partial charge is 0.337 e. The average molecular weight is 603 g/mol. The molecule has 0 bridgehead atoms. The van der Waals surface area contributed by atoms with E-state index >= 15 is 0 Å². The molecule has 3 unspecified atom stereocenters. The van der Waals surface area contributed by atoms with Gasteiger partial charge in [0.05, 0.1) is 6.54 Å². The van der Waals surface area contributed by atoms with Crippen LogP contribution in [0.15, 0.2) is 59.6 Å². The van der Waals surface area contributed by atoms with Crippen LogP contribution >= 0.6 is 15.9 Å². The summed E-state index contributed by atoms with van der Waals surface area (Å²) in [7, 11) is 0. The molecule has 2 aromatic carbocycles. The summed E-state index contributed by atoms with van der Waals surface area (Å²) < 4.78 is 3.01. The molecule has 3 atom stereocenters. The molecular formula is C35H40BrNO3. The molecule has 210 valence electrons. The molecular weight excluding hydrogens is 562 g/mol. The summed E-state index contributed by atoms with van der Waals surface area (Å²) >= 11 is 3.60. The van der Waals surface area contributed by atoms with Gasteiger partial charge < -0.3 is 4.57 Å². The first-order chi connectivity index (χ1) is 19.3. The van der Waals surface area contributed by atoms with Gasteiger partial charge in [0.25, 0.3) is 0 Å². The molecule has 0 N–H and O–H groups in total. The standard InChI is InChI=1S/C35H40BrNO3/c1-3-30(38)17-13-25-12-11-24(19-25)7-6-10-31(39)22-37-23(2)34(32-21-29(36)16-18-33(32)37)35(40)28-15-14-26-8-4-5-9-27(26)20-28/h3-5,8-9,16,18,21,24-25,28H,1,6-7,10-15,17,19-20,22H2,2H3. The summed E-state index contributed by atoms with van der Waals surface area (Å²) in [4.78, 5) is 38.7. The number of carbonyl (C=O) groups is 3. The van der Waals surface area contributed by atoms with Crippen molar-refractivity contribution in [3.63, 3.8) is 0 Å². The maximum Gasteiger partial charge on any atom is 0.168 e. The number of carbonyl (C=O) groups excluding carboxylic acids is 3. The molecule has 0 radical (unpaired) electrons. The Morgan fingerprint density at radius 1 is 1.00 bits per heavy atom. The molecule has 40 heavy (non-hydrogen) atoms. The number of rotatable bonds is 12. The van der Waals surface area contributed by atoms with Crippen LogP contribution in [0.25, 0.3) is 10.9 Å². The molecule has 0 amide bonds. The van der Waals surface area contributed by atoms with Gasteiger partial charge in [-0.25, -0.2) is 0 Å². The van der Waals surface area contributed by atoms with Crippen LogP contribution in [0.1, 0.15) is 85.0 Å². The van der Waals surface area contributed by atoms with Crippen molar-refractivity contribution in [2.45, 2.75) is 84.1 Å². The van der Waals surface area contributed by atoms with E-state index in [1.165, 1.54) is 36.5 Å². The molecule has 5 heteroatoms. The van der Waals surface area contributed by atoms with Crippen molar-refractivity contribution < 1.29 is 14.4 Å². The lowest BCUT2D eigenvalue weighted by atomic mass is 9.79. The van der Waals surface area contributed by atoms with Gasteiger partial charge in [0.1, 0.15) is 0 Å². The highest BCUT2D eigenvalue weighted by Gasteiger charge is 2.30. The minimum atomic E-state index is -0.0348. The van der Waals surface area contributed by atoms with Crippen LogP contribution in [-0.4, -0.2) is 21.9 Å². The van der Waals surface area contributed by atoms with Crippen molar-refractivity contribution in [2.24, 2.45) is 17.8 Å². The third-order valence-corrected chi connectivity index (χ3v) is 9.82. The molecule has 3 aromatic rings. The van der Waals surface area contributed by atoms with Gasteiger partial charge in [0, 0.05) is 45.4 Å². The summed E-state index contributed by atoms with van der Waals surface area (Å²) in [6.07, 6.45) is 11.7. The lowest BCUT2D eigenvalue weighted by Crippen LogP contribution is -2.23. The number of aromatic nitrogens is 1. The van der Waals surface area contributed by atoms with E-state index in [0.29, 0.717) is 31.2 Å². The van der Waals surface area contributed by atoms with Gasteiger partial charge in [0.2, 0.25) is 0 Å². The third-order valence-electron chi connectivity index (χ3n) is 9.33. The summed E-state index contributed by atoms with van der Waals surface area (Å²) in [6.45, 7) is 5.88. The van der Waals surface area contributed by atoms with Gasteiger partial charge in [-0.1, -0.05) is 66.0 Å². The van der Waals surface area contributed by atoms with Gasteiger partial charge in [0.15, 0.2) is 17.3 Å². The quantitative estimate of drug-likeness (QED) is 0.155. The predicted octanol–water partition coefficient (Wildman–Crippen LogP) is 8.39. The first-order valence-corrected chi connectivity index (χ1v) is 15.7. The Bertz CT molecular complexity index is 1430. The number of allylic oxidation sites excluding steroid dienone is 1. The highest BCUT2D eigenvalue weighted by Crippen LogP contribution is 2.37. The van der Waals surface area contributed by atoms with Gasteiger partial charge in [-0.15, -0.1) is 0 Å². The van der Waals surface area contributed by atoms with Crippen molar-refractivity contribution in [1.82, 2.24) is 4.57 Å². The second kappa shape index (κ2) is 12.8. The Labute approximate surface area is 246 Å². The van der Waals surface area contributed by atoms with Crippen molar-refractivity contribution in [1.29, 1.82) is 0 Å². The van der Waals surface area contributed by atoms with Crippen molar-refractivity contribution in [3.8, 4) is 0 Å². The molecule has 1 heterocycles. The van der Waals surface area contributed by atoms with E-state index in [9.17, 15) is 14.4 Å². The van der Waals surface area contributed by atoms with Crippen LogP contribution in [0.5, 0.6) is 0 Å². The van der Waals surface area contributed by atoms with E-state index < -0.39 is 0 Å². The summed E-state index contributed by atoms with van der Waals surface area (Å²) in [5.74, 6) is 1.82. The molecule has 2 aliphatic carbocycles. The number of fused-ring (bicyclic) bond motifs is 2. The second-order valence-electron chi connectivity index (χ2n) is 12.0. The fourth-order valence-corrected chi connectivity index (χ4v) is 7.45. The summed E-state index contributed by atoms with van der Waals surface area (Å²) in [5, 5.41) is 0.940. The van der Waals surface area contributed by atoms with Crippen LogP contribution in [0.2, 0.25) is 0 Å². The number of benzene rings is 2. The topological polar surface area (TPSA) is 56.1 Å². The zero-order valence-corrected chi connectivity index (χ0v) is 25.2. The molecule has 0 saturated heterocycles. The van der Waals surface area contributed by atoms with Gasteiger partial charge in [-0.3, -0.25) is 14.4 Å². The Balaban J connectivity index is 1.23. The average Bonchev–Trinajstić information content (AvgIpc) is 3.52. The molecule has 0 aliphatic heterocycles. The first kappa shape index (κ1) is 28.7. The van der Waals surface area contributed by atoms with E-state index in [1.54, 1.807) is 0 Å². The van der Waals surface area contributed by atoms with Crippen molar-refractivity contribution in [2.75, 3.05) is 0 Å². The number of aryl methyl sites for hydroxylation is 1. The monoisotopic (exact) mass is 601 g/mol. The first-order valence-electron chi connectivity index (χ1n) is 14.9. The van der Waals surface area contributed by atoms with Gasteiger partial charge >= 0.3 is 0 Å².